The highest BCUT2D eigenvalue weighted by molar-refractivity contribution is 5.91. The van der Waals surface area contributed by atoms with Gasteiger partial charge in [0.1, 0.15) is 0 Å². The molecule has 0 aliphatic carbocycles. The van der Waals surface area contributed by atoms with Crippen molar-refractivity contribution < 1.29 is 32.2 Å². The van der Waals surface area contributed by atoms with E-state index in [1.54, 1.807) is 13.8 Å². The molecule has 25 heavy (non-hydrogen) atoms. The number of hydrogen-bond donors (Lipinski definition) is 3. The van der Waals surface area contributed by atoms with Crippen molar-refractivity contribution >= 4 is 17.6 Å². The van der Waals surface area contributed by atoms with E-state index >= 15 is 0 Å². The molecule has 3 amide bonds. The van der Waals surface area contributed by atoms with Crippen LogP contribution < -0.4 is 16.2 Å². The topological polar surface area (TPSA) is 88.7 Å². The molecular weight excluding hydrogens is 343 g/mol. The second-order valence-corrected chi connectivity index (χ2v) is 4.75. The van der Waals surface area contributed by atoms with Gasteiger partial charge >= 0.3 is 12.2 Å². The fourth-order valence-corrected chi connectivity index (χ4v) is 1.80. The zero-order valence-corrected chi connectivity index (χ0v) is 13.8. The van der Waals surface area contributed by atoms with E-state index in [2.05, 4.69) is 10.7 Å². The lowest BCUT2D eigenvalue weighted by atomic mass is 10.2. The fourth-order valence-electron chi connectivity index (χ4n) is 1.80. The maximum Gasteiger partial charge on any atom is 0.416 e. The number of anilines is 1. The van der Waals surface area contributed by atoms with Crippen LogP contribution in [0.5, 0.6) is 0 Å². The first-order valence-corrected chi connectivity index (χ1v) is 7.52. The van der Waals surface area contributed by atoms with Crippen LogP contribution in [0.25, 0.3) is 0 Å². The minimum atomic E-state index is -4.52. The number of halogens is 3. The van der Waals surface area contributed by atoms with Gasteiger partial charge in [-0.3, -0.25) is 10.2 Å². The average molecular weight is 363 g/mol. The number of alkyl halides is 3. The molecule has 0 unspecified atom stereocenters. The molecule has 0 saturated carbocycles. The molecule has 0 fully saturated rings. The molecule has 0 aliphatic rings. The zero-order valence-electron chi connectivity index (χ0n) is 13.8. The van der Waals surface area contributed by atoms with Crippen LogP contribution in [-0.4, -0.2) is 31.4 Å². The molecule has 3 N–H and O–H groups in total. The van der Waals surface area contributed by atoms with Gasteiger partial charge in [-0.15, -0.1) is 0 Å². The summed E-state index contributed by atoms with van der Waals surface area (Å²) < 4.78 is 48.2. The van der Waals surface area contributed by atoms with Crippen LogP contribution in [0.1, 0.15) is 25.8 Å². The molecule has 0 spiro atoms. The van der Waals surface area contributed by atoms with Gasteiger partial charge in [-0.05, 0) is 32.0 Å². The molecule has 0 aromatic heterocycles. The van der Waals surface area contributed by atoms with Crippen molar-refractivity contribution in [3.8, 4) is 0 Å². The van der Waals surface area contributed by atoms with Crippen LogP contribution in [0, 0.1) is 0 Å². The summed E-state index contributed by atoms with van der Waals surface area (Å²) in [4.78, 5) is 23.3. The molecule has 0 saturated heterocycles. The maximum atomic E-state index is 12.6. The first kappa shape index (κ1) is 20.7. The standard InChI is InChI=1S/C15H20F3N3O4/c1-3-24-13(25-4-2)9-12(22)20-21-14(23)19-11-7-5-6-10(8-11)15(16,17)18/h5-8,13H,3-4,9H2,1-2H3,(H,20,22)(H2,19,21,23). The van der Waals surface area contributed by atoms with E-state index in [-0.39, 0.29) is 12.1 Å². The third-order valence-corrected chi connectivity index (χ3v) is 2.82. The third-order valence-electron chi connectivity index (χ3n) is 2.82. The second-order valence-electron chi connectivity index (χ2n) is 4.75. The largest absolute Gasteiger partial charge is 0.416 e. The van der Waals surface area contributed by atoms with Gasteiger partial charge in [-0.2, -0.15) is 13.2 Å². The van der Waals surface area contributed by atoms with Gasteiger partial charge in [-0.1, -0.05) is 6.07 Å². The van der Waals surface area contributed by atoms with Crippen molar-refractivity contribution in [2.75, 3.05) is 18.5 Å². The monoisotopic (exact) mass is 363 g/mol. The van der Waals surface area contributed by atoms with E-state index < -0.39 is 30.0 Å². The van der Waals surface area contributed by atoms with Crippen LogP contribution in [0.15, 0.2) is 24.3 Å². The minimum Gasteiger partial charge on any atom is -0.352 e. The van der Waals surface area contributed by atoms with E-state index in [0.29, 0.717) is 13.2 Å². The van der Waals surface area contributed by atoms with Gasteiger partial charge in [-0.25, -0.2) is 10.2 Å². The molecule has 10 heteroatoms. The first-order chi connectivity index (χ1) is 11.8. The molecule has 0 bridgehead atoms. The van der Waals surface area contributed by atoms with Crippen molar-refractivity contribution in [2.45, 2.75) is 32.7 Å². The summed E-state index contributed by atoms with van der Waals surface area (Å²) in [7, 11) is 0. The predicted octanol–water partition coefficient (Wildman–Crippen LogP) is 2.65. The second kappa shape index (κ2) is 9.84. The highest BCUT2D eigenvalue weighted by Crippen LogP contribution is 2.30. The molecule has 1 rings (SSSR count). The Morgan fingerprint density at radius 3 is 2.32 bits per heavy atom. The summed E-state index contributed by atoms with van der Waals surface area (Å²) in [6, 6.07) is 3.22. The molecular formula is C15H20F3N3O4. The minimum absolute atomic E-state index is 0.0666. The normalized spacial score (nSPS) is 11.3. The van der Waals surface area contributed by atoms with Crippen molar-refractivity contribution in [3.05, 3.63) is 29.8 Å². The third kappa shape index (κ3) is 7.86. The maximum absolute atomic E-state index is 12.6. The smallest absolute Gasteiger partial charge is 0.352 e. The molecule has 1 aromatic rings. The number of nitrogens with one attached hydrogen (secondary N) is 3. The Balaban J connectivity index is 2.48. The van der Waals surface area contributed by atoms with E-state index in [4.69, 9.17) is 9.47 Å². The SMILES string of the molecule is CCOC(CC(=O)NNC(=O)Nc1cccc(C(F)(F)F)c1)OCC. The van der Waals surface area contributed by atoms with E-state index in [1.807, 2.05) is 5.43 Å². The molecule has 0 atom stereocenters. The Labute approximate surface area is 142 Å². The number of carbonyl (C=O) groups is 2. The van der Waals surface area contributed by atoms with Crippen molar-refractivity contribution in [3.63, 3.8) is 0 Å². The van der Waals surface area contributed by atoms with Crippen molar-refractivity contribution in [2.24, 2.45) is 0 Å². The lowest BCUT2D eigenvalue weighted by molar-refractivity contribution is -0.153. The summed E-state index contributed by atoms with van der Waals surface area (Å²) in [5.74, 6) is -0.578. The Morgan fingerprint density at radius 1 is 1.12 bits per heavy atom. The molecule has 0 heterocycles. The van der Waals surface area contributed by atoms with Gasteiger partial charge in [0.05, 0.1) is 12.0 Å². The molecule has 140 valence electrons. The van der Waals surface area contributed by atoms with E-state index in [9.17, 15) is 22.8 Å². The lowest BCUT2D eigenvalue weighted by Gasteiger charge is -2.16. The number of rotatable bonds is 7. The molecule has 0 aliphatic heterocycles. The summed E-state index contributed by atoms with van der Waals surface area (Å²) >= 11 is 0. The number of urea groups is 1. The number of carbonyl (C=O) groups excluding carboxylic acids is 2. The van der Waals surface area contributed by atoms with Crippen molar-refractivity contribution in [1.82, 2.24) is 10.9 Å². The zero-order chi connectivity index (χ0) is 18.9. The van der Waals surface area contributed by atoms with Gasteiger partial charge in [0.25, 0.3) is 0 Å². The quantitative estimate of drug-likeness (QED) is 0.513. The molecule has 1 aromatic carbocycles. The molecule has 0 radical (unpaired) electrons. The van der Waals surface area contributed by atoms with Crippen LogP contribution in [0.3, 0.4) is 0 Å². The predicted molar refractivity (Wildman–Crippen MR) is 83.4 cm³/mol. The Hall–Kier alpha value is -2.33. The van der Waals surface area contributed by atoms with Gasteiger partial charge < -0.3 is 14.8 Å². The highest BCUT2D eigenvalue weighted by atomic mass is 19.4. The lowest BCUT2D eigenvalue weighted by Crippen LogP contribution is -2.45. The average Bonchev–Trinajstić information content (AvgIpc) is 2.53. The number of ether oxygens (including phenoxy) is 2. The van der Waals surface area contributed by atoms with Gasteiger partial charge in [0.15, 0.2) is 6.29 Å². The van der Waals surface area contributed by atoms with Crippen molar-refractivity contribution in [1.29, 1.82) is 0 Å². The van der Waals surface area contributed by atoms with E-state index in [1.165, 1.54) is 6.07 Å². The number of hydrazine groups is 1. The summed E-state index contributed by atoms with van der Waals surface area (Å²) in [5.41, 5.74) is 3.18. The number of hydrogen-bond acceptors (Lipinski definition) is 4. The first-order valence-electron chi connectivity index (χ1n) is 7.52. The van der Waals surface area contributed by atoms with E-state index in [0.717, 1.165) is 18.2 Å². The number of amides is 3. The Bertz CT molecular complexity index is 575. The van der Waals surface area contributed by atoms with Crippen LogP contribution in [0.2, 0.25) is 0 Å². The Kier molecular flexibility index (Phi) is 8.16. The van der Waals surface area contributed by atoms with Gasteiger partial charge in [0.2, 0.25) is 5.91 Å². The fraction of sp³-hybridized carbons (Fsp3) is 0.467. The number of benzene rings is 1. The van der Waals surface area contributed by atoms with Crippen LogP contribution >= 0.6 is 0 Å². The highest BCUT2D eigenvalue weighted by Gasteiger charge is 2.30. The summed E-state index contributed by atoms with van der Waals surface area (Å²) in [6.07, 6.45) is -5.41. The van der Waals surface area contributed by atoms with Crippen LogP contribution in [0.4, 0.5) is 23.7 Å². The van der Waals surface area contributed by atoms with Crippen LogP contribution in [-0.2, 0) is 20.4 Å². The Morgan fingerprint density at radius 2 is 1.76 bits per heavy atom. The van der Waals surface area contributed by atoms with Gasteiger partial charge in [0, 0.05) is 18.9 Å². The summed E-state index contributed by atoms with van der Waals surface area (Å²) in [6.45, 7) is 4.18. The molecule has 7 nitrogen and oxygen atoms in total. The summed E-state index contributed by atoms with van der Waals surface area (Å²) in [5, 5.41) is 2.19.